The van der Waals surface area contributed by atoms with E-state index in [0.29, 0.717) is 21.6 Å². The van der Waals surface area contributed by atoms with Gasteiger partial charge in [-0.05, 0) is 83.1 Å². The van der Waals surface area contributed by atoms with Crippen molar-refractivity contribution in [2.24, 2.45) is 4.99 Å². The quantitative estimate of drug-likeness (QED) is 0.286. The molecule has 1 aliphatic heterocycles. The smallest absolute Gasteiger partial charge is 0.307 e. The SMILES string of the molecule is CN1C(=O)C(=Cc2ccc(N(C)Cc3ccc(C4CCCCC4)cc3)cc2)SC1=Nc1cc(F)ccc1CC(=O)O. The fraction of sp³-hybridized carbons (Fsp3) is 0.303. The van der Waals surface area contributed by atoms with Crippen LogP contribution in [0.25, 0.3) is 6.08 Å². The molecule has 2 fully saturated rings. The van der Waals surface area contributed by atoms with Crippen molar-refractivity contribution >= 4 is 46.3 Å². The summed E-state index contributed by atoms with van der Waals surface area (Å²) in [5.74, 6) is -1.07. The summed E-state index contributed by atoms with van der Waals surface area (Å²) in [6, 6.07) is 20.9. The van der Waals surface area contributed by atoms with E-state index in [2.05, 4.69) is 41.2 Å². The van der Waals surface area contributed by atoms with Crippen molar-refractivity contribution in [1.29, 1.82) is 0 Å². The molecule has 0 bridgehead atoms. The Kier molecular flexibility index (Phi) is 8.88. The molecule has 0 aromatic heterocycles. The molecular weight excluding hydrogens is 537 g/mol. The van der Waals surface area contributed by atoms with Crippen molar-refractivity contribution in [3.63, 3.8) is 0 Å². The van der Waals surface area contributed by atoms with Gasteiger partial charge in [-0.1, -0.05) is 61.7 Å². The van der Waals surface area contributed by atoms with Crippen molar-refractivity contribution in [2.45, 2.75) is 51.0 Å². The summed E-state index contributed by atoms with van der Waals surface area (Å²) in [5, 5.41) is 9.55. The Bertz CT molecular complexity index is 1480. The Morgan fingerprint density at radius 2 is 1.78 bits per heavy atom. The van der Waals surface area contributed by atoms with Crippen LogP contribution in [0.2, 0.25) is 0 Å². The van der Waals surface area contributed by atoms with Crippen molar-refractivity contribution in [1.82, 2.24) is 4.90 Å². The normalized spacial score (nSPS) is 17.9. The van der Waals surface area contributed by atoms with Crippen LogP contribution in [0.1, 0.15) is 60.3 Å². The molecule has 0 radical (unpaired) electrons. The summed E-state index contributed by atoms with van der Waals surface area (Å²) in [7, 11) is 3.67. The second kappa shape index (κ2) is 12.7. The molecule has 6 nitrogen and oxygen atoms in total. The zero-order valence-corrected chi connectivity index (χ0v) is 24.2. The number of aliphatic imine (C=N–C) groups is 1. The highest BCUT2D eigenvalue weighted by molar-refractivity contribution is 8.18. The van der Waals surface area contributed by atoms with Crippen molar-refractivity contribution < 1.29 is 19.1 Å². The van der Waals surface area contributed by atoms with Crippen LogP contribution in [-0.2, 0) is 22.6 Å². The maximum absolute atomic E-state index is 13.9. The fourth-order valence-corrected chi connectivity index (χ4v) is 6.36. The van der Waals surface area contributed by atoms with Gasteiger partial charge in [0.25, 0.3) is 5.91 Å². The number of aliphatic carboxylic acids is 1. The molecule has 0 atom stereocenters. The summed E-state index contributed by atoms with van der Waals surface area (Å²) >= 11 is 1.18. The lowest BCUT2D eigenvalue weighted by Gasteiger charge is -2.23. The van der Waals surface area contributed by atoms with Crippen LogP contribution in [-0.4, -0.2) is 41.1 Å². The third kappa shape index (κ3) is 7.06. The number of likely N-dealkylation sites (N-methyl/N-ethyl adjacent to an activating group) is 1. The molecule has 1 heterocycles. The lowest BCUT2D eigenvalue weighted by Crippen LogP contribution is -2.23. The Balaban J connectivity index is 1.25. The number of carbonyl (C=O) groups excluding carboxylic acids is 1. The van der Waals surface area contributed by atoms with Crippen molar-refractivity contribution in [3.05, 3.63) is 99.7 Å². The van der Waals surface area contributed by atoms with Gasteiger partial charge in [0.15, 0.2) is 5.17 Å². The van der Waals surface area contributed by atoms with E-state index in [1.165, 1.54) is 78.1 Å². The molecule has 1 saturated carbocycles. The predicted octanol–water partition coefficient (Wildman–Crippen LogP) is 7.37. The predicted molar refractivity (Wildman–Crippen MR) is 164 cm³/mol. The minimum Gasteiger partial charge on any atom is -0.481 e. The lowest BCUT2D eigenvalue weighted by molar-refractivity contribution is -0.136. The van der Waals surface area contributed by atoms with E-state index in [1.54, 1.807) is 7.05 Å². The number of benzene rings is 3. The maximum Gasteiger partial charge on any atom is 0.307 e. The van der Waals surface area contributed by atoms with Gasteiger partial charge in [0, 0.05) is 26.3 Å². The van der Waals surface area contributed by atoms with Gasteiger partial charge in [-0.25, -0.2) is 9.38 Å². The Labute approximate surface area is 244 Å². The molecule has 1 aliphatic carbocycles. The van der Waals surface area contributed by atoms with Crippen LogP contribution < -0.4 is 4.90 Å². The van der Waals surface area contributed by atoms with E-state index in [9.17, 15) is 19.1 Å². The first-order valence-electron chi connectivity index (χ1n) is 13.9. The molecule has 1 saturated heterocycles. The second-order valence-corrected chi connectivity index (χ2v) is 11.7. The van der Waals surface area contributed by atoms with E-state index in [-0.39, 0.29) is 18.0 Å². The highest BCUT2D eigenvalue weighted by Crippen LogP contribution is 2.35. The summed E-state index contributed by atoms with van der Waals surface area (Å²) in [6.45, 7) is 0.800. The third-order valence-corrected chi connectivity index (χ3v) is 8.78. The summed E-state index contributed by atoms with van der Waals surface area (Å²) in [6.07, 6.45) is 8.17. The number of hydrogen-bond donors (Lipinski definition) is 1. The van der Waals surface area contributed by atoms with Gasteiger partial charge >= 0.3 is 5.97 Å². The number of carboxylic acids is 1. The van der Waals surface area contributed by atoms with Crippen LogP contribution >= 0.6 is 11.8 Å². The fourth-order valence-electron chi connectivity index (χ4n) is 5.38. The van der Waals surface area contributed by atoms with E-state index in [0.717, 1.165) is 17.8 Å². The van der Waals surface area contributed by atoms with Gasteiger partial charge in [-0.3, -0.25) is 14.5 Å². The number of anilines is 1. The molecule has 5 rings (SSSR count). The number of amidine groups is 1. The molecule has 0 spiro atoms. The maximum atomic E-state index is 13.9. The average molecular weight is 572 g/mol. The first-order valence-corrected chi connectivity index (χ1v) is 14.7. The first kappa shape index (κ1) is 28.6. The number of carboxylic acid groups (broad SMARTS) is 1. The van der Waals surface area contributed by atoms with E-state index < -0.39 is 11.8 Å². The number of thioether (sulfide) groups is 1. The average Bonchev–Trinajstić information content (AvgIpc) is 3.23. The van der Waals surface area contributed by atoms with E-state index in [4.69, 9.17) is 0 Å². The number of amides is 1. The van der Waals surface area contributed by atoms with Crippen LogP contribution in [0, 0.1) is 5.82 Å². The summed E-state index contributed by atoms with van der Waals surface area (Å²) in [5.41, 5.74) is 5.26. The number of carbonyl (C=O) groups is 2. The molecule has 0 unspecified atom stereocenters. The lowest BCUT2D eigenvalue weighted by atomic mass is 9.84. The standard InChI is InChI=1S/C33H34FN3O3S/c1-36(21-23-8-12-25(13-9-23)24-6-4-3-5-7-24)28-16-10-22(11-17-28)18-30-32(40)37(2)33(41-30)35-29-20-27(34)15-14-26(29)19-31(38)39/h8-18,20,24H,3-7,19,21H2,1-2H3,(H,38,39). The Morgan fingerprint density at radius 3 is 2.46 bits per heavy atom. The Morgan fingerprint density at radius 1 is 1.07 bits per heavy atom. The highest BCUT2D eigenvalue weighted by atomic mass is 32.2. The van der Waals surface area contributed by atoms with Crippen LogP contribution in [0.4, 0.5) is 15.8 Å². The second-order valence-electron chi connectivity index (χ2n) is 10.7. The van der Waals surface area contributed by atoms with Crippen LogP contribution in [0.3, 0.4) is 0 Å². The summed E-state index contributed by atoms with van der Waals surface area (Å²) < 4.78 is 13.9. The topological polar surface area (TPSA) is 73.2 Å². The van der Waals surface area contributed by atoms with E-state index >= 15 is 0 Å². The molecular formula is C33H34FN3O3S. The number of rotatable bonds is 8. The monoisotopic (exact) mass is 571 g/mol. The van der Waals surface area contributed by atoms with E-state index in [1.807, 2.05) is 30.3 Å². The molecule has 212 valence electrons. The zero-order valence-electron chi connectivity index (χ0n) is 23.3. The third-order valence-electron chi connectivity index (χ3n) is 7.72. The molecule has 1 amide bonds. The van der Waals surface area contributed by atoms with Crippen molar-refractivity contribution in [3.8, 4) is 0 Å². The van der Waals surface area contributed by atoms with Gasteiger partial charge in [-0.15, -0.1) is 0 Å². The zero-order chi connectivity index (χ0) is 28.9. The minimum absolute atomic E-state index is 0.201. The van der Waals surface area contributed by atoms with Gasteiger partial charge in [0.05, 0.1) is 17.0 Å². The molecule has 3 aromatic rings. The van der Waals surface area contributed by atoms with Gasteiger partial charge in [0.1, 0.15) is 5.82 Å². The molecule has 8 heteroatoms. The first-order chi connectivity index (χ1) is 19.8. The highest BCUT2D eigenvalue weighted by Gasteiger charge is 2.30. The number of halogens is 1. The molecule has 1 N–H and O–H groups in total. The van der Waals surface area contributed by atoms with Gasteiger partial charge < -0.3 is 10.0 Å². The molecule has 3 aromatic carbocycles. The molecule has 2 aliphatic rings. The van der Waals surface area contributed by atoms with Crippen LogP contribution in [0.5, 0.6) is 0 Å². The van der Waals surface area contributed by atoms with Gasteiger partial charge in [-0.2, -0.15) is 0 Å². The Hall–Kier alpha value is -3.91. The number of nitrogens with zero attached hydrogens (tertiary/aromatic N) is 3. The molecule has 41 heavy (non-hydrogen) atoms. The number of hydrogen-bond acceptors (Lipinski definition) is 5. The largest absolute Gasteiger partial charge is 0.481 e. The van der Waals surface area contributed by atoms with Gasteiger partial charge in [0.2, 0.25) is 0 Å². The van der Waals surface area contributed by atoms with Crippen molar-refractivity contribution in [2.75, 3.05) is 19.0 Å². The minimum atomic E-state index is -1.04. The summed E-state index contributed by atoms with van der Waals surface area (Å²) in [4.78, 5) is 32.7. The van der Waals surface area contributed by atoms with Crippen LogP contribution in [0.15, 0.2) is 76.6 Å².